The lowest BCUT2D eigenvalue weighted by Gasteiger charge is -2.34. The van der Waals surface area contributed by atoms with E-state index in [2.05, 4.69) is 28.2 Å². The van der Waals surface area contributed by atoms with E-state index in [1.807, 2.05) is 20.8 Å². The van der Waals surface area contributed by atoms with E-state index < -0.39 is 96.9 Å². The molecule has 8 atom stereocenters. The number of ether oxygens (including phenoxy) is 1. The van der Waals surface area contributed by atoms with Crippen molar-refractivity contribution in [3.63, 3.8) is 0 Å². The number of likely N-dealkylation sites (N-methyl/N-ethyl adjacent to an activating group) is 1. The molecule has 0 aromatic carbocycles. The molecule has 1 rings (SSSR count). The number of cyclic esters (lactones) is 1. The van der Waals surface area contributed by atoms with Crippen molar-refractivity contribution >= 4 is 35.5 Å². The molecule has 1 aliphatic heterocycles. The zero-order valence-electron chi connectivity index (χ0n) is 30.2. The SMILES string of the molecule is CCCCCCCC[C@@H]1OC(=O)CNC(=O)[C@@H]([C@H](C)O)NC(=O)[C@@H](CO)NC(=O)[C@H]([C@H](C)CC)NC(=O)[C@H](CC(C)C)N(C)C(=O)[C@@H]1C. The maximum Gasteiger partial charge on any atom is 0.325 e. The molecule has 5 amide bonds. The van der Waals surface area contributed by atoms with Gasteiger partial charge in [0.25, 0.3) is 0 Å². The Hall–Kier alpha value is -3.26. The molecule has 276 valence electrons. The van der Waals surface area contributed by atoms with Crippen molar-refractivity contribution < 1.29 is 43.7 Å². The molecular formula is C34H61N5O9. The summed E-state index contributed by atoms with van der Waals surface area (Å²) in [6, 6.07) is -5.15. The highest BCUT2D eigenvalue weighted by Gasteiger charge is 2.38. The Kier molecular flexibility index (Phi) is 19.3. The van der Waals surface area contributed by atoms with Gasteiger partial charge in [-0.05, 0) is 38.0 Å². The molecule has 1 fully saturated rings. The normalized spacial score (nSPS) is 27.1. The molecule has 0 spiro atoms. The first-order chi connectivity index (χ1) is 22.6. The number of hydrogen-bond donors (Lipinski definition) is 6. The number of aliphatic hydroxyl groups is 2. The minimum Gasteiger partial charge on any atom is -0.460 e. The Balaban J connectivity index is 3.57. The van der Waals surface area contributed by atoms with Crippen molar-refractivity contribution in [1.29, 1.82) is 0 Å². The number of carbonyl (C=O) groups excluding carboxylic acids is 6. The summed E-state index contributed by atoms with van der Waals surface area (Å²) >= 11 is 0. The number of esters is 1. The first-order valence-electron chi connectivity index (χ1n) is 17.5. The molecule has 1 aliphatic rings. The summed E-state index contributed by atoms with van der Waals surface area (Å²) < 4.78 is 5.76. The van der Waals surface area contributed by atoms with Gasteiger partial charge in [0.2, 0.25) is 29.5 Å². The third kappa shape index (κ3) is 13.7. The number of nitrogens with one attached hydrogen (secondary N) is 4. The number of nitrogens with zero attached hydrogens (tertiary/aromatic N) is 1. The summed E-state index contributed by atoms with van der Waals surface area (Å²) in [5.74, 6) is -5.64. The smallest absolute Gasteiger partial charge is 0.325 e. The molecule has 0 unspecified atom stereocenters. The van der Waals surface area contributed by atoms with Crippen LogP contribution in [0.3, 0.4) is 0 Å². The van der Waals surface area contributed by atoms with Gasteiger partial charge >= 0.3 is 5.97 Å². The standard InChI is InChI=1S/C34H61N5O9/c1-9-11-12-13-14-15-16-26-22(6)34(47)39(8)25(17-20(3)4)31(44)37-28(21(5)10-2)33(46)36-24(19-40)30(43)38-29(23(7)41)32(45)35-18-27(42)48-26/h20-26,28-29,40-41H,9-19H2,1-8H3,(H,35,45)(H,36,46)(H,37,44)(H,38,43)/t21-,22-,23+,24-,25+,26+,28+,29-/m1/s1. The van der Waals surface area contributed by atoms with Crippen LogP contribution in [0.15, 0.2) is 0 Å². The van der Waals surface area contributed by atoms with Gasteiger partial charge in [-0.3, -0.25) is 28.8 Å². The lowest BCUT2D eigenvalue weighted by Crippen LogP contribution is -2.61. The molecule has 14 heteroatoms. The van der Waals surface area contributed by atoms with E-state index >= 15 is 0 Å². The summed E-state index contributed by atoms with van der Waals surface area (Å²) in [5, 5.41) is 30.1. The number of unbranched alkanes of at least 4 members (excludes halogenated alkanes) is 5. The van der Waals surface area contributed by atoms with E-state index in [1.165, 1.54) is 18.9 Å². The Labute approximate surface area is 285 Å². The lowest BCUT2D eigenvalue weighted by molar-refractivity contribution is -0.157. The Morgan fingerprint density at radius 1 is 0.833 bits per heavy atom. The Morgan fingerprint density at radius 3 is 2.00 bits per heavy atom. The van der Waals surface area contributed by atoms with Gasteiger partial charge in [-0.1, -0.05) is 80.1 Å². The van der Waals surface area contributed by atoms with Gasteiger partial charge in [-0.25, -0.2) is 0 Å². The maximum absolute atomic E-state index is 13.9. The van der Waals surface area contributed by atoms with Crippen LogP contribution in [-0.4, -0.2) is 107 Å². The summed E-state index contributed by atoms with van der Waals surface area (Å²) in [7, 11) is 1.51. The largest absolute Gasteiger partial charge is 0.460 e. The molecule has 0 saturated carbocycles. The minimum atomic E-state index is -1.53. The molecule has 6 N–H and O–H groups in total. The van der Waals surface area contributed by atoms with Crippen molar-refractivity contribution in [2.75, 3.05) is 20.2 Å². The minimum absolute atomic E-state index is 0.00604. The van der Waals surface area contributed by atoms with Crippen LogP contribution in [0, 0.1) is 17.8 Å². The first kappa shape index (κ1) is 42.8. The molecule has 0 aromatic heterocycles. The topological polar surface area (TPSA) is 203 Å². The summed E-state index contributed by atoms with van der Waals surface area (Å²) in [4.78, 5) is 81.7. The van der Waals surface area contributed by atoms with Crippen LogP contribution in [0.5, 0.6) is 0 Å². The highest BCUT2D eigenvalue weighted by molar-refractivity contribution is 5.96. The lowest BCUT2D eigenvalue weighted by atomic mass is 9.94. The van der Waals surface area contributed by atoms with Crippen molar-refractivity contribution in [2.45, 2.75) is 143 Å². The molecule has 48 heavy (non-hydrogen) atoms. The van der Waals surface area contributed by atoms with Crippen LogP contribution in [0.4, 0.5) is 0 Å². The predicted octanol–water partition coefficient (Wildman–Crippen LogP) is 1.16. The summed E-state index contributed by atoms with van der Waals surface area (Å²) in [6.07, 6.45) is 4.75. The van der Waals surface area contributed by atoms with E-state index in [0.717, 1.165) is 32.1 Å². The fourth-order valence-electron chi connectivity index (χ4n) is 5.60. The third-order valence-corrected chi connectivity index (χ3v) is 8.96. The van der Waals surface area contributed by atoms with Gasteiger partial charge in [0, 0.05) is 7.05 Å². The monoisotopic (exact) mass is 683 g/mol. The molecule has 14 nitrogen and oxygen atoms in total. The first-order valence-corrected chi connectivity index (χ1v) is 17.5. The molecule has 1 saturated heterocycles. The van der Waals surface area contributed by atoms with Crippen LogP contribution in [0.1, 0.15) is 106 Å². The quantitative estimate of drug-likeness (QED) is 0.122. The van der Waals surface area contributed by atoms with Crippen molar-refractivity contribution in [3.8, 4) is 0 Å². The highest BCUT2D eigenvalue weighted by atomic mass is 16.5. The number of rotatable bonds is 13. The van der Waals surface area contributed by atoms with E-state index in [9.17, 15) is 39.0 Å². The Bertz CT molecular complexity index is 1070. The van der Waals surface area contributed by atoms with Gasteiger partial charge in [0.1, 0.15) is 36.8 Å². The zero-order valence-corrected chi connectivity index (χ0v) is 30.2. The van der Waals surface area contributed by atoms with Crippen LogP contribution in [-0.2, 0) is 33.5 Å². The fourth-order valence-corrected chi connectivity index (χ4v) is 5.60. The van der Waals surface area contributed by atoms with Gasteiger partial charge in [-0.2, -0.15) is 0 Å². The average Bonchev–Trinajstić information content (AvgIpc) is 3.04. The maximum atomic E-state index is 13.9. The zero-order chi connectivity index (χ0) is 36.6. The van der Waals surface area contributed by atoms with E-state index in [-0.39, 0.29) is 12.3 Å². The third-order valence-electron chi connectivity index (χ3n) is 8.96. The second kappa shape index (κ2) is 21.7. The van der Waals surface area contributed by atoms with Crippen LogP contribution < -0.4 is 21.3 Å². The van der Waals surface area contributed by atoms with Crippen LogP contribution in [0.2, 0.25) is 0 Å². The molecule has 0 aliphatic carbocycles. The highest BCUT2D eigenvalue weighted by Crippen LogP contribution is 2.22. The van der Waals surface area contributed by atoms with Gasteiger partial charge in [0.05, 0.1) is 18.6 Å². The van der Waals surface area contributed by atoms with E-state index in [0.29, 0.717) is 19.3 Å². The predicted molar refractivity (Wildman–Crippen MR) is 180 cm³/mol. The van der Waals surface area contributed by atoms with Crippen molar-refractivity contribution in [1.82, 2.24) is 26.2 Å². The molecule has 1 heterocycles. The number of hydrogen-bond acceptors (Lipinski definition) is 9. The average molecular weight is 684 g/mol. The van der Waals surface area contributed by atoms with E-state index in [4.69, 9.17) is 4.74 Å². The van der Waals surface area contributed by atoms with Gasteiger partial charge in [0.15, 0.2) is 0 Å². The van der Waals surface area contributed by atoms with Gasteiger partial charge < -0.3 is 41.1 Å². The van der Waals surface area contributed by atoms with Gasteiger partial charge in [-0.15, -0.1) is 0 Å². The number of amides is 5. The number of aliphatic hydroxyl groups excluding tert-OH is 2. The second-order valence-corrected chi connectivity index (χ2v) is 13.5. The Morgan fingerprint density at radius 2 is 1.44 bits per heavy atom. The summed E-state index contributed by atoms with van der Waals surface area (Å²) in [6.45, 7) is 11.0. The fraction of sp³-hybridized carbons (Fsp3) is 0.824. The van der Waals surface area contributed by atoms with Crippen LogP contribution in [0.25, 0.3) is 0 Å². The molecule has 0 aromatic rings. The van der Waals surface area contributed by atoms with E-state index in [1.54, 1.807) is 13.8 Å². The molecular weight excluding hydrogens is 622 g/mol. The van der Waals surface area contributed by atoms with Crippen molar-refractivity contribution in [3.05, 3.63) is 0 Å². The number of carbonyl (C=O) groups is 6. The summed E-state index contributed by atoms with van der Waals surface area (Å²) in [5.41, 5.74) is 0. The van der Waals surface area contributed by atoms with Crippen molar-refractivity contribution in [2.24, 2.45) is 17.8 Å². The second-order valence-electron chi connectivity index (χ2n) is 13.5. The van der Waals surface area contributed by atoms with Crippen LogP contribution >= 0.6 is 0 Å². The molecule has 0 bridgehead atoms. The molecule has 0 radical (unpaired) electrons.